The normalized spacial score (nSPS) is 14.2. The fourth-order valence-electron chi connectivity index (χ4n) is 3.45. The lowest BCUT2D eigenvalue weighted by molar-refractivity contribution is -0.123. The van der Waals surface area contributed by atoms with Crippen molar-refractivity contribution in [2.45, 2.75) is 24.2 Å². The van der Waals surface area contributed by atoms with Crippen LogP contribution in [0.2, 0.25) is 5.02 Å². The van der Waals surface area contributed by atoms with Crippen LogP contribution in [0.15, 0.2) is 41.3 Å². The van der Waals surface area contributed by atoms with Gasteiger partial charge < -0.3 is 19.5 Å². The van der Waals surface area contributed by atoms with Gasteiger partial charge in [0.2, 0.25) is 10.0 Å². The second-order valence-corrected chi connectivity index (χ2v) is 9.62. The van der Waals surface area contributed by atoms with Gasteiger partial charge in [-0.2, -0.15) is 4.31 Å². The van der Waals surface area contributed by atoms with Crippen molar-refractivity contribution < 1.29 is 27.4 Å². The summed E-state index contributed by atoms with van der Waals surface area (Å²) in [7, 11) is -0.600. The highest BCUT2D eigenvalue weighted by Gasteiger charge is 2.30. The van der Waals surface area contributed by atoms with E-state index in [1.54, 1.807) is 14.2 Å². The average Bonchev–Trinajstić information content (AvgIpc) is 3.34. The van der Waals surface area contributed by atoms with Crippen molar-refractivity contribution in [3.63, 3.8) is 0 Å². The summed E-state index contributed by atoms with van der Waals surface area (Å²) in [6.45, 7) is 1.00. The summed E-state index contributed by atoms with van der Waals surface area (Å²) in [5.74, 6) is 1.01. The van der Waals surface area contributed by atoms with Crippen LogP contribution in [0.25, 0.3) is 0 Å². The van der Waals surface area contributed by atoms with E-state index in [4.69, 9.17) is 25.8 Å². The van der Waals surface area contributed by atoms with Gasteiger partial charge in [0.05, 0.1) is 14.2 Å². The molecule has 1 fully saturated rings. The van der Waals surface area contributed by atoms with Crippen molar-refractivity contribution in [3.8, 4) is 17.2 Å². The number of hydrogen-bond acceptors (Lipinski definition) is 6. The molecule has 0 atom stereocenters. The highest BCUT2D eigenvalue weighted by atomic mass is 35.5. The van der Waals surface area contributed by atoms with Gasteiger partial charge in [-0.05, 0) is 55.2 Å². The van der Waals surface area contributed by atoms with Crippen molar-refractivity contribution in [2.75, 3.05) is 40.5 Å². The number of methoxy groups -OCH3 is 2. The molecule has 8 nitrogen and oxygen atoms in total. The standard InChI is InChI=1S/C22H27ClN2O6S/c1-29-18-7-5-16(13-20(18)30-2)9-10-24-22(26)15-31-19-8-6-17(23)14-21(19)32(27,28)25-11-3-4-12-25/h5-8,13-14H,3-4,9-12,15H2,1-2H3,(H,24,26). The number of rotatable bonds is 10. The number of halogens is 1. The minimum Gasteiger partial charge on any atom is -0.493 e. The Morgan fingerprint density at radius 3 is 2.41 bits per heavy atom. The molecule has 1 aliphatic heterocycles. The monoisotopic (exact) mass is 482 g/mol. The summed E-state index contributed by atoms with van der Waals surface area (Å²) in [4.78, 5) is 12.2. The Kier molecular flexibility index (Phi) is 8.22. The lowest BCUT2D eigenvalue weighted by Crippen LogP contribution is -2.31. The molecule has 1 heterocycles. The van der Waals surface area contributed by atoms with Gasteiger partial charge in [-0.3, -0.25) is 4.79 Å². The molecule has 0 aliphatic carbocycles. The fraction of sp³-hybridized carbons (Fsp3) is 0.409. The zero-order valence-corrected chi connectivity index (χ0v) is 19.7. The molecule has 0 spiro atoms. The van der Waals surface area contributed by atoms with Crippen molar-refractivity contribution in [2.24, 2.45) is 0 Å². The van der Waals surface area contributed by atoms with E-state index < -0.39 is 10.0 Å². The quantitative estimate of drug-likeness (QED) is 0.559. The lowest BCUT2D eigenvalue weighted by atomic mass is 10.1. The summed E-state index contributed by atoms with van der Waals surface area (Å²) >= 11 is 6.03. The Labute approximate surface area is 193 Å². The maximum Gasteiger partial charge on any atom is 0.257 e. The van der Waals surface area contributed by atoms with Crippen LogP contribution in [-0.4, -0.2) is 59.1 Å². The van der Waals surface area contributed by atoms with Crippen molar-refractivity contribution in [3.05, 3.63) is 47.0 Å². The maximum atomic E-state index is 12.9. The molecule has 0 saturated carbocycles. The third-order valence-electron chi connectivity index (χ3n) is 5.13. The number of hydrogen-bond donors (Lipinski definition) is 1. The molecule has 0 bridgehead atoms. The molecule has 1 aliphatic rings. The summed E-state index contributed by atoms with van der Waals surface area (Å²) in [6, 6.07) is 9.93. The number of benzene rings is 2. The molecule has 0 aromatic heterocycles. The topological polar surface area (TPSA) is 94.2 Å². The van der Waals surface area contributed by atoms with Crippen molar-refractivity contribution in [1.82, 2.24) is 9.62 Å². The summed E-state index contributed by atoms with van der Waals surface area (Å²) in [6.07, 6.45) is 2.22. The number of carbonyl (C=O) groups excluding carboxylic acids is 1. The molecule has 3 rings (SSSR count). The number of carbonyl (C=O) groups is 1. The Morgan fingerprint density at radius 1 is 1.03 bits per heavy atom. The van der Waals surface area contributed by atoms with Gasteiger partial charge in [0.15, 0.2) is 18.1 Å². The molecule has 1 saturated heterocycles. The van der Waals surface area contributed by atoms with Crippen molar-refractivity contribution in [1.29, 1.82) is 0 Å². The second kappa shape index (κ2) is 10.9. The number of nitrogens with zero attached hydrogens (tertiary/aromatic N) is 1. The van der Waals surface area contributed by atoms with E-state index in [1.165, 1.54) is 22.5 Å². The molecule has 2 aromatic rings. The SMILES string of the molecule is COc1ccc(CCNC(=O)COc2ccc(Cl)cc2S(=O)(=O)N2CCCC2)cc1OC. The molecule has 10 heteroatoms. The zero-order valence-electron chi connectivity index (χ0n) is 18.1. The molecule has 32 heavy (non-hydrogen) atoms. The fourth-order valence-corrected chi connectivity index (χ4v) is 5.36. The molecule has 1 amide bonds. The number of amides is 1. The van der Waals surface area contributed by atoms with E-state index >= 15 is 0 Å². The van der Waals surface area contributed by atoms with Crippen molar-refractivity contribution >= 4 is 27.5 Å². The van der Waals surface area contributed by atoms with E-state index in [0.717, 1.165) is 18.4 Å². The van der Waals surface area contributed by atoms with Crippen LogP contribution in [0.3, 0.4) is 0 Å². The highest BCUT2D eigenvalue weighted by molar-refractivity contribution is 7.89. The largest absolute Gasteiger partial charge is 0.493 e. The van der Waals surface area contributed by atoms with Crippen LogP contribution < -0.4 is 19.5 Å². The van der Waals surface area contributed by atoms with Crippen LogP contribution >= 0.6 is 11.6 Å². The number of nitrogens with one attached hydrogen (secondary N) is 1. The van der Waals surface area contributed by atoms with Crippen LogP contribution in [0.5, 0.6) is 17.2 Å². The smallest absolute Gasteiger partial charge is 0.257 e. The first-order chi connectivity index (χ1) is 15.3. The van der Waals surface area contributed by atoms with Crippen LogP contribution in [0.4, 0.5) is 0 Å². The Balaban J connectivity index is 1.57. The van der Waals surface area contributed by atoms with Gasteiger partial charge in [0.25, 0.3) is 5.91 Å². The van der Waals surface area contributed by atoms with Gasteiger partial charge in [-0.15, -0.1) is 0 Å². The van der Waals surface area contributed by atoms with Gasteiger partial charge in [-0.1, -0.05) is 17.7 Å². The van der Waals surface area contributed by atoms with E-state index in [-0.39, 0.29) is 28.2 Å². The molecule has 0 unspecified atom stereocenters. The Morgan fingerprint density at radius 2 is 1.72 bits per heavy atom. The third-order valence-corrected chi connectivity index (χ3v) is 7.29. The molecule has 0 radical (unpaired) electrons. The average molecular weight is 483 g/mol. The molecular weight excluding hydrogens is 456 g/mol. The minimum atomic E-state index is -3.74. The molecule has 2 aromatic carbocycles. The van der Waals surface area contributed by atoms with Gasteiger partial charge in [0.1, 0.15) is 10.6 Å². The molecule has 174 valence electrons. The maximum absolute atomic E-state index is 12.9. The van der Waals surface area contributed by atoms with Crippen LogP contribution in [0, 0.1) is 0 Å². The number of sulfonamides is 1. The summed E-state index contributed by atoms with van der Waals surface area (Å²) < 4.78 is 43.4. The lowest BCUT2D eigenvalue weighted by Gasteiger charge is -2.18. The highest BCUT2D eigenvalue weighted by Crippen LogP contribution is 2.31. The zero-order chi connectivity index (χ0) is 23.1. The second-order valence-electron chi connectivity index (χ2n) is 7.28. The van der Waals surface area contributed by atoms with E-state index in [9.17, 15) is 13.2 Å². The molecular formula is C22H27ClN2O6S. The summed E-state index contributed by atoms with van der Waals surface area (Å²) in [5, 5.41) is 3.06. The number of ether oxygens (including phenoxy) is 3. The first kappa shape index (κ1) is 24.2. The Hall–Kier alpha value is -2.49. The third kappa shape index (κ3) is 5.85. The predicted molar refractivity (Wildman–Crippen MR) is 121 cm³/mol. The van der Waals surface area contributed by atoms with Crippen LogP contribution in [-0.2, 0) is 21.2 Å². The van der Waals surface area contributed by atoms with Crippen LogP contribution in [0.1, 0.15) is 18.4 Å². The van der Waals surface area contributed by atoms with Gasteiger partial charge in [-0.25, -0.2) is 8.42 Å². The first-order valence-corrected chi connectivity index (χ1v) is 12.1. The van der Waals surface area contributed by atoms with Gasteiger partial charge >= 0.3 is 0 Å². The Bertz CT molecular complexity index is 1050. The van der Waals surface area contributed by atoms with E-state index in [1.807, 2.05) is 18.2 Å². The van der Waals surface area contributed by atoms with Gasteiger partial charge in [0, 0.05) is 24.7 Å². The van der Waals surface area contributed by atoms with E-state index in [0.29, 0.717) is 37.6 Å². The predicted octanol–water partition coefficient (Wildman–Crippen LogP) is 2.88. The summed E-state index contributed by atoms with van der Waals surface area (Å²) in [5.41, 5.74) is 0.973. The van der Waals surface area contributed by atoms with E-state index in [2.05, 4.69) is 5.32 Å². The first-order valence-electron chi connectivity index (χ1n) is 10.2. The molecule has 1 N–H and O–H groups in total. The minimum absolute atomic E-state index is 0.0231.